The van der Waals surface area contributed by atoms with Crippen LogP contribution in [-0.2, 0) is 0 Å². The Bertz CT molecular complexity index is 1040. The van der Waals surface area contributed by atoms with Crippen molar-refractivity contribution in [2.24, 2.45) is 47.3 Å². The maximum absolute atomic E-state index is 3.36. The lowest BCUT2D eigenvalue weighted by Gasteiger charge is -2.58. The zero-order chi connectivity index (χ0) is 36.7. The van der Waals surface area contributed by atoms with Gasteiger partial charge in [-0.3, -0.25) is 9.80 Å². The van der Waals surface area contributed by atoms with Gasteiger partial charge in [0, 0.05) is 36.3 Å². The largest absolute Gasteiger partial charge is 0.294 e. The van der Waals surface area contributed by atoms with E-state index in [1.807, 2.05) is 0 Å². The molecule has 4 atom stereocenters. The van der Waals surface area contributed by atoms with Crippen molar-refractivity contribution in [1.29, 1.82) is 0 Å². The Morgan fingerprint density at radius 1 is 0.278 bits per heavy atom. The standard InChI is InChI=1S/C52H88N2/c1-39-17-21-41(22-18-39)25-27-43-29-33-47(34-30-43)53(45-11-5-3-6-12-45)51-37-38-52(50-16-10-9-15-49(50)51)54(46-13-7-4-8-14-46)48-35-31-44(32-36-48)28-26-42-23-19-40(2)20-24-42/h25-28,39-52H,3-24,29-38H2,1-2H3/b27-25+,28-26+. The fraction of sp³-hybridized carbons (Fsp3) is 0.923. The number of fused-ring (bicyclic) bond motifs is 1. The highest BCUT2D eigenvalue weighted by Crippen LogP contribution is 2.50. The molecule has 8 saturated carbocycles. The van der Waals surface area contributed by atoms with Crippen molar-refractivity contribution in [1.82, 2.24) is 9.80 Å². The number of hydrogen-bond acceptors (Lipinski definition) is 2. The van der Waals surface area contributed by atoms with Crippen LogP contribution >= 0.6 is 0 Å². The van der Waals surface area contributed by atoms with Gasteiger partial charge < -0.3 is 0 Å². The average Bonchev–Trinajstić information content (AvgIpc) is 3.23. The zero-order valence-electron chi connectivity index (χ0n) is 35.9. The summed E-state index contributed by atoms with van der Waals surface area (Å²) in [5.74, 6) is 7.34. The maximum atomic E-state index is 3.36. The molecule has 54 heavy (non-hydrogen) atoms. The lowest BCUT2D eigenvalue weighted by Crippen LogP contribution is -2.62. The minimum absolute atomic E-state index is 0.859. The Labute approximate surface area is 335 Å². The van der Waals surface area contributed by atoms with Crippen LogP contribution in [-0.4, -0.2) is 46.1 Å². The molecule has 0 aromatic rings. The second kappa shape index (κ2) is 19.9. The molecule has 8 aliphatic carbocycles. The van der Waals surface area contributed by atoms with Gasteiger partial charge in [0.15, 0.2) is 0 Å². The molecule has 0 N–H and O–H groups in total. The molecule has 8 rings (SSSR count). The van der Waals surface area contributed by atoms with Crippen molar-refractivity contribution in [2.75, 3.05) is 0 Å². The maximum Gasteiger partial charge on any atom is 0.0133 e. The quantitative estimate of drug-likeness (QED) is 0.206. The summed E-state index contributed by atoms with van der Waals surface area (Å²) in [6.07, 6.45) is 58.4. The monoisotopic (exact) mass is 741 g/mol. The summed E-state index contributed by atoms with van der Waals surface area (Å²) in [6, 6.07) is 5.28. The van der Waals surface area contributed by atoms with Gasteiger partial charge in [0.25, 0.3) is 0 Å². The number of hydrogen-bond donors (Lipinski definition) is 0. The van der Waals surface area contributed by atoms with Crippen LogP contribution < -0.4 is 0 Å². The summed E-state index contributed by atoms with van der Waals surface area (Å²) in [5.41, 5.74) is 0. The van der Waals surface area contributed by atoms with E-state index in [9.17, 15) is 0 Å². The molecular formula is C52H88N2. The summed E-state index contributed by atoms with van der Waals surface area (Å²) in [5, 5.41) is 0. The van der Waals surface area contributed by atoms with E-state index in [2.05, 4.69) is 48.0 Å². The zero-order valence-corrected chi connectivity index (χ0v) is 35.9. The fourth-order valence-corrected chi connectivity index (χ4v) is 14.9. The molecule has 0 saturated heterocycles. The van der Waals surface area contributed by atoms with Crippen molar-refractivity contribution in [3.8, 4) is 0 Å². The molecule has 0 spiro atoms. The first-order chi connectivity index (χ1) is 26.6. The Balaban J connectivity index is 0.944. The van der Waals surface area contributed by atoms with E-state index in [4.69, 9.17) is 0 Å². The second-order valence-corrected chi connectivity index (χ2v) is 21.7. The first-order valence-electron chi connectivity index (χ1n) is 25.5. The smallest absolute Gasteiger partial charge is 0.0133 e. The van der Waals surface area contributed by atoms with Crippen LogP contribution in [0.3, 0.4) is 0 Å². The summed E-state index contributed by atoms with van der Waals surface area (Å²) < 4.78 is 0. The Kier molecular flexibility index (Phi) is 14.8. The van der Waals surface area contributed by atoms with Crippen LogP contribution in [0.5, 0.6) is 0 Å². The predicted molar refractivity (Wildman–Crippen MR) is 232 cm³/mol. The third-order valence-electron chi connectivity index (χ3n) is 18.1. The van der Waals surface area contributed by atoms with Gasteiger partial charge in [-0.25, -0.2) is 0 Å². The Morgan fingerprint density at radius 3 is 0.889 bits per heavy atom. The molecule has 0 radical (unpaired) electrons. The molecule has 0 aliphatic heterocycles. The number of rotatable bonds is 10. The number of allylic oxidation sites excluding steroid dienone is 4. The van der Waals surface area contributed by atoms with Gasteiger partial charge in [0.1, 0.15) is 0 Å². The van der Waals surface area contributed by atoms with Gasteiger partial charge in [-0.2, -0.15) is 0 Å². The highest BCUT2D eigenvalue weighted by atomic mass is 15.3. The van der Waals surface area contributed by atoms with Crippen molar-refractivity contribution >= 4 is 0 Å². The summed E-state index contributed by atoms with van der Waals surface area (Å²) >= 11 is 0. The van der Waals surface area contributed by atoms with Gasteiger partial charge in [-0.15, -0.1) is 0 Å². The molecular weight excluding hydrogens is 653 g/mol. The molecule has 4 unspecified atom stereocenters. The number of nitrogens with zero attached hydrogens (tertiary/aromatic N) is 2. The van der Waals surface area contributed by atoms with E-state index in [0.29, 0.717) is 0 Å². The third kappa shape index (κ3) is 10.2. The highest BCUT2D eigenvalue weighted by Gasteiger charge is 2.50. The van der Waals surface area contributed by atoms with Gasteiger partial charge in [0.2, 0.25) is 0 Å². The van der Waals surface area contributed by atoms with Gasteiger partial charge in [0.05, 0.1) is 0 Å². The summed E-state index contributed by atoms with van der Waals surface area (Å²) in [4.78, 5) is 6.71. The van der Waals surface area contributed by atoms with E-state index >= 15 is 0 Å². The van der Waals surface area contributed by atoms with Crippen molar-refractivity contribution in [3.63, 3.8) is 0 Å². The first kappa shape index (κ1) is 40.2. The lowest BCUT2D eigenvalue weighted by molar-refractivity contribution is -0.0861. The van der Waals surface area contributed by atoms with Crippen molar-refractivity contribution in [2.45, 2.75) is 256 Å². The Morgan fingerprint density at radius 2 is 0.556 bits per heavy atom. The third-order valence-corrected chi connectivity index (χ3v) is 18.1. The summed E-state index contributed by atoms with van der Waals surface area (Å²) in [7, 11) is 0. The van der Waals surface area contributed by atoms with Crippen LogP contribution in [0.15, 0.2) is 24.3 Å². The Hall–Kier alpha value is -0.600. The SMILES string of the molecule is CC1CCC(/C=C/C2CCC(N(C3CCCCC3)C3CCC(N(C4CCCCC4)C4CCC(/C=C/C5CCC(C)CC5)CC4)C4CCCCC43)CC2)CC1. The molecule has 0 aromatic carbocycles. The minimum atomic E-state index is 0.859. The summed E-state index contributed by atoms with van der Waals surface area (Å²) in [6.45, 7) is 4.94. The van der Waals surface area contributed by atoms with Crippen LogP contribution in [0.1, 0.15) is 219 Å². The van der Waals surface area contributed by atoms with Crippen LogP contribution in [0.2, 0.25) is 0 Å². The van der Waals surface area contributed by atoms with Crippen LogP contribution in [0.25, 0.3) is 0 Å². The first-order valence-corrected chi connectivity index (χ1v) is 25.5. The lowest BCUT2D eigenvalue weighted by atomic mass is 9.63. The predicted octanol–water partition coefficient (Wildman–Crippen LogP) is 14.5. The molecule has 2 heteroatoms. The topological polar surface area (TPSA) is 6.48 Å². The van der Waals surface area contributed by atoms with Crippen molar-refractivity contribution in [3.05, 3.63) is 24.3 Å². The molecule has 0 bridgehead atoms. The molecule has 2 nitrogen and oxygen atoms in total. The normalized spacial score (nSPS) is 42.5. The molecule has 306 valence electrons. The molecule has 8 fully saturated rings. The van der Waals surface area contributed by atoms with Crippen LogP contribution in [0, 0.1) is 47.3 Å². The van der Waals surface area contributed by atoms with Gasteiger partial charge in [-0.05, 0) is 176 Å². The molecule has 0 aromatic heterocycles. The van der Waals surface area contributed by atoms with Gasteiger partial charge >= 0.3 is 0 Å². The molecule has 8 aliphatic rings. The molecule has 0 amide bonds. The fourth-order valence-electron chi connectivity index (χ4n) is 14.9. The van der Waals surface area contributed by atoms with Crippen LogP contribution in [0.4, 0.5) is 0 Å². The minimum Gasteiger partial charge on any atom is -0.294 e. The molecule has 0 heterocycles. The van der Waals surface area contributed by atoms with E-state index in [0.717, 1.165) is 83.6 Å². The van der Waals surface area contributed by atoms with E-state index < -0.39 is 0 Å². The van der Waals surface area contributed by atoms with E-state index in [-0.39, 0.29) is 0 Å². The van der Waals surface area contributed by atoms with E-state index in [1.54, 1.807) is 12.8 Å². The second-order valence-electron chi connectivity index (χ2n) is 21.7. The average molecular weight is 741 g/mol. The van der Waals surface area contributed by atoms with Crippen molar-refractivity contribution < 1.29 is 0 Å². The van der Waals surface area contributed by atoms with E-state index in [1.165, 1.54) is 193 Å². The van der Waals surface area contributed by atoms with Gasteiger partial charge in [-0.1, -0.05) is 115 Å². The highest BCUT2D eigenvalue weighted by molar-refractivity contribution is 5.06.